The Morgan fingerprint density at radius 1 is 0.977 bits per heavy atom. The van der Waals surface area contributed by atoms with E-state index in [0.717, 1.165) is 62.6 Å². The lowest BCUT2D eigenvalue weighted by atomic mass is 9.65. The zero-order chi connectivity index (χ0) is 32.3. The molecule has 2 aromatic carbocycles. The molecule has 1 heterocycles. The lowest BCUT2D eigenvalue weighted by molar-refractivity contribution is -0.192. The second kappa shape index (κ2) is 13.1. The van der Waals surface area contributed by atoms with E-state index in [1.807, 2.05) is 6.07 Å². The third kappa shape index (κ3) is 7.88. The van der Waals surface area contributed by atoms with Crippen LogP contribution in [0.25, 0.3) is 0 Å². The molecule has 14 heteroatoms. The van der Waals surface area contributed by atoms with Gasteiger partial charge in [0.2, 0.25) is 0 Å². The van der Waals surface area contributed by atoms with Crippen LogP contribution in [0.3, 0.4) is 0 Å². The van der Waals surface area contributed by atoms with Crippen LogP contribution in [0, 0.1) is 5.92 Å². The first-order chi connectivity index (χ1) is 20.7. The van der Waals surface area contributed by atoms with Crippen molar-refractivity contribution in [3.8, 4) is 11.5 Å². The van der Waals surface area contributed by atoms with Gasteiger partial charge in [0.15, 0.2) is 11.5 Å². The van der Waals surface area contributed by atoms with Gasteiger partial charge in [0.05, 0.1) is 19.8 Å². The molecule has 2 aliphatic carbocycles. The topological polar surface area (TPSA) is 100 Å². The Bertz CT molecular complexity index is 1330. The van der Waals surface area contributed by atoms with Crippen LogP contribution in [0.5, 0.6) is 11.5 Å². The molecule has 44 heavy (non-hydrogen) atoms. The highest BCUT2D eigenvalue weighted by Gasteiger charge is 2.52. The summed E-state index contributed by atoms with van der Waals surface area (Å²) in [6, 6.07) is 10.6. The summed E-state index contributed by atoms with van der Waals surface area (Å²) < 4.78 is 81.9. The number of carboxylic acids is 1. The van der Waals surface area contributed by atoms with Crippen LogP contribution in [-0.4, -0.2) is 67.6 Å². The number of methoxy groups -OCH3 is 2. The number of amides is 2. The second-order valence-corrected chi connectivity index (χ2v) is 11.4. The Morgan fingerprint density at radius 2 is 1.66 bits per heavy atom. The fourth-order valence-electron chi connectivity index (χ4n) is 6.23. The van der Waals surface area contributed by atoms with E-state index >= 15 is 0 Å². The summed E-state index contributed by atoms with van der Waals surface area (Å²) in [4.78, 5) is 24.2. The summed E-state index contributed by atoms with van der Waals surface area (Å²) in [5.41, 5.74) is 0.535. The van der Waals surface area contributed by atoms with Gasteiger partial charge >= 0.3 is 24.4 Å². The molecule has 8 nitrogen and oxygen atoms in total. The first-order valence-corrected chi connectivity index (χ1v) is 14.2. The molecule has 242 valence electrons. The minimum Gasteiger partial charge on any atom is -0.493 e. The molecule has 0 unspecified atom stereocenters. The van der Waals surface area contributed by atoms with Gasteiger partial charge in [-0.2, -0.15) is 26.3 Å². The summed E-state index contributed by atoms with van der Waals surface area (Å²) in [6.45, 7) is 2.08. The summed E-state index contributed by atoms with van der Waals surface area (Å²) in [7, 11) is 3.28. The van der Waals surface area contributed by atoms with Crippen molar-refractivity contribution in [3.63, 3.8) is 0 Å². The number of carbonyl (C=O) groups is 2. The summed E-state index contributed by atoms with van der Waals surface area (Å²) in [5.74, 6) is -0.589. The molecular formula is C30H35F6N3O5. The van der Waals surface area contributed by atoms with Gasteiger partial charge in [-0.25, -0.2) is 9.59 Å². The highest BCUT2D eigenvalue weighted by atomic mass is 19.4. The fraction of sp³-hybridized carbons (Fsp3) is 0.533. The van der Waals surface area contributed by atoms with Gasteiger partial charge in [-0.05, 0) is 86.9 Å². The number of ether oxygens (including phenoxy) is 2. The quantitative estimate of drug-likeness (QED) is 0.304. The summed E-state index contributed by atoms with van der Waals surface area (Å²) in [6.07, 6.45) is -3.47. The third-order valence-corrected chi connectivity index (χ3v) is 8.54. The molecule has 3 N–H and O–H groups in total. The number of halogens is 6. The van der Waals surface area contributed by atoms with Crippen LogP contribution < -0.4 is 20.1 Å². The standard InChI is InChI=1S/C28H34F3N3O3.C2HF3O2/c1-36-23-9-8-19(15-24(23)37-2)27-11-10-22(16-25(27)34(13-12-27)17-18-6-7-18)33-26(35)32-21-5-3-4-20(14-21)28(29,30)31;3-2(4,5)1(6)7/h3-5,8-9,14-15,18,22,25H,6-7,10-13,16-17H2,1-2H3,(H2,32,33,35);(H,6,7)/t22-,25+,27+;/m1./s1. The number of fused-ring (bicyclic) bond motifs is 1. The molecule has 2 amide bonds. The number of anilines is 1. The number of hydrogen-bond acceptors (Lipinski definition) is 5. The van der Waals surface area contributed by atoms with E-state index in [1.165, 1.54) is 30.5 Å². The van der Waals surface area contributed by atoms with Crippen molar-refractivity contribution in [3.05, 3.63) is 53.6 Å². The van der Waals surface area contributed by atoms with Crippen molar-refractivity contribution in [1.29, 1.82) is 0 Å². The Labute approximate surface area is 250 Å². The van der Waals surface area contributed by atoms with E-state index in [2.05, 4.69) is 27.7 Å². The molecule has 0 spiro atoms. The smallest absolute Gasteiger partial charge is 0.490 e. The van der Waals surface area contributed by atoms with Gasteiger partial charge < -0.3 is 25.2 Å². The van der Waals surface area contributed by atoms with Crippen LogP contribution in [-0.2, 0) is 16.4 Å². The number of aliphatic carboxylic acids is 1. The number of carbonyl (C=O) groups excluding carboxylic acids is 1. The lowest BCUT2D eigenvalue weighted by Crippen LogP contribution is -2.53. The van der Waals surface area contributed by atoms with E-state index in [9.17, 15) is 31.1 Å². The van der Waals surface area contributed by atoms with Gasteiger partial charge in [0, 0.05) is 29.7 Å². The maximum atomic E-state index is 13.1. The maximum absolute atomic E-state index is 13.1. The minimum absolute atomic E-state index is 0.0376. The predicted octanol–water partition coefficient (Wildman–Crippen LogP) is 6.45. The molecular weight excluding hydrogens is 596 g/mol. The van der Waals surface area contributed by atoms with Gasteiger partial charge in [0.25, 0.3) is 0 Å². The monoisotopic (exact) mass is 631 g/mol. The van der Waals surface area contributed by atoms with Gasteiger partial charge in [-0.3, -0.25) is 4.90 Å². The first-order valence-electron chi connectivity index (χ1n) is 14.2. The first kappa shape index (κ1) is 33.2. The van der Waals surface area contributed by atoms with Crippen LogP contribution in [0.2, 0.25) is 0 Å². The SMILES string of the molecule is COc1ccc([C@@]23CC[C@@H](NC(=O)Nc4cccc(C(F)(F)F)c4)C[C@@H]2N(CC2CC2)CC3)cc1OC.O=C(O)C(F)(F)F. The number of benzene rings is 2. The van der Waals surface area contributed by atoms with Crippen molar-refractivity contribution < 1.29 is 50.5 Å². The molecule has 1 saturated heterocycles. The number of likely N-dealkylation sites (tertiary alicyclic amines) is 1. The molecule has 1 aliphatic heterocycles. The second-order valence-electron chi connectivity index (χ2n) is 11.4. The zero-order valence-corrected chi connectivity index (χ0v) is 24.2. The maximum Gasteiger partial charge on any atom is 0.490 e. The van der Waals surface area contributed by atoms with Crippen LogP contribution in [0.1, 0.15) is 49.7 Å². The lowest BCUT2D eigenvalue weighted by Gasteiger charge is -2.45. The average molecular weight is 632 g/mol. The van der Waals surface area contributed by atoms with E-state index < -0.39 is 29.9 Å². The fourth-order valence-corrected chi connectivity index (χ4v) is 6.23. The number of nitrogens with one attached hydrogen (secondary N) is 2. The molecule has 3 atom stereocenters. The predicted molar refractivity (Wildman–Crippen MR) is 149 cm³/mol. The minimum atomic E-state index is -5.08. The van der Waals surface area contributed by atoms with Crippen LogP contribution in [0.4, 0.5) is 36.8 Å². The van der Waals surface area contributed by atoms with Crippen molar-refractivity contribution >= 4 is 17.7 Å². The van der Waals surface area contributed by atoms with Crippen molar-refractivity contribution in [1.82, 2.24) is 10.2 Å². The zero-order valence-electron chi connectivity index (χ0n) is 24.2. The number of urea groups is 1. The van der Waals surface area contributed by atoms with Crippen molar-refractivity contribution in [2.24, 2.45) is 5.92 Å². The molecule has 0 radical (unpaired) electrons. The highest BCUT2D eigenvalue weighted by Crippen LogP contribution is 2.51. The van der Waals surface area contributed by atoms with E-state index in [1.54, 1.807) is 14.2 Å². The average Bonchev–Trinajstić information content (AvgIpc) is 3.71. The van der Waals surface area contributed by atoms with Crippen molar-refractivity contribution in [2.75, 3.05) is 32.6 Å². The van der Waals surface area contributed by atoms with Gasteiger partial charge in [-0.1, -0.05) is 12.1 Å². The van der Waals surface area contributed by atoms with E-state index in [0.29, 0.717) is 5.75 Å². The Morgan fingerprint density at radius 3 is 2.25 bits per heavy atom. The molecule has 5 rings (SSSR count). The van der Waals surface area contributed by atoms with Crippen LogP contribution in [0.15, 0.2) is 42.5 Å². The molecule has 2 aromatic rings. The third-order valence-electron chi connectivity index (χ3n) is 8.54. The van der Waals surface area contributed by atoms with Crippen LogP contribution >= 0.6 is 0 Å². The van der Waals surface area contributed by atoms with Crippen molar-refractivity contribution in [2.45, 2.75) is 68.4 Å². The summed E-state index contributed by atoms with van der Waals surface area (Å²) >= 11 is 0. The van der Waals surface area contributed by atoms with E-state index in [-0.39, 0.29) is 23.2 Å². The highest BCUT2D eigenvalue weighted by molar-refractivity contribution is 5.89. The van der Waals surface area contributed by atoms with Gasteiger partial charge in [-0.15, -0.1) is 0 Å². The van der Waals surface area contributed by atoms with Gasteiger partial charge in [0.1, 0.15) is 0 Å². The number of nitrogens with zero attached hydrogens (tertiary/aromatic N) is 1. The number of carboxylic acid groups (broad SMARTS) is 1. The van der Waals surface area contributed by atoms with E-state index in [4.69, 9.17) is 19.4 Å². The number of rotatable bonds is 7. The molecule has 0 aromatic heterocycles. The summed E-state index contributed by atoms with van der Waals surface area (Å²) in [5, 5.41) is 12.7. The molecule has 3 aliphatic rings. The number of alkyl halides is 6. The Hall–Kier alpha value is -3.68. The molecule has 3 fully saturated rings. The Balaban J connectivity index is 0.000000566. The Kier molecular flexibility index (Phi) is 9.91. The molecule has 2 saturated carbocycles. The largest absolute Gasteiger partial charge is 0.493 e. The molecule has 0 bridgehead atoms. The normalized spacial score (nSPS) is 23.5. The number of hydrogen-bond donors (Lipinski definition) is 3.